The second-order valence-electron chi connectivity index (χ2n) is 4.76. The van der Waals surface area contributed by atoms with Gasteiger partial charge in [-0.05, 0) is 13.0 Å². The van der Waals surface area contributed by atoms with Gasteiger partial charge in [-0.2, -0.15) is 0 Å². The molecule has 1 unspecified atom stereocenters. The number of carbonyl (C=O) groups is 2. The third-order valence-electron chi connectivity index (χ3n) is 2.96. The van der Waals surface area contributed by atoms with Crippen molar-refractivity contribution in [1.82, 2.24) is 4.90 Å². The molecule has 0 bridgehead atoms. The highest BCUT2D eigenvalue weighted by molar-refractivity contribution is 5.97. The molecular formula is C15H21NO3. The Balaban J connectivity index is 2.63. The molecule has 0 aliphatic carbocycles. The van der Waals surface area contributed by atoms with Gasteiger partial charge in [0.25, 0.3) is 0 Å². The van der Waals surface area contributed by atoms with E-state index in [1.54, 1.807) is 19.1 Å². The van der Waals surface area contributed by atoms with E-state index in [4.69, 9.17) is 5.11 Å². The van der Waals surface area contributed by atoms with Gasteiger partial charge >= 0.3 is 5.97 Å². The summed E-state index contributed by atoms with van der Waals surface area (Å²) in [6.07, 6.45) is 0.897. The summed E-state index contributed by atoms with van der Waals surface area (Å²) in [6.45, 7) is 5.09. The quantitative estimate of drug-likeness (QED) is 0.731. The highest BCUT2D eigenvalue weighted by Gasteiger charge is 2.18. The first kappa shape index (κ1) is 15.4. The Morgan fingerprint density at radius 2 is 1.89 bits per heavy atom. The minimum atomic E-state index is -0.826. The molecule has 0 aromatic heterocycles. The molecule has 0 amide bonds. The van der Waals surface area contributed by atoms with Crippen LogP contribution in [-0.4, -0.2) is 41.4 Å². The molecule has 4 heteroatoms. The smallest absolute Gasteiger partial charge is 0.307 e. The number of benzene rings is 1. The molecule has 104 valence electrons. The predicted octanol–water partition coefficient (Wildman–Crippen LogP) is 2.30. The fourth-order valence-corrected chi connectivity index (χ4v) is 1.93. The number of carboxylic acids is 1. The van der Waals surface area contributed by atoms with Crippen LogP contribution in [0.25, 0.3) is 0 Å². The van der Waals surface area contributed by atoms with Crippen molar-refractivity contribution in [3.8, 4) is 0 Å². The molecule has 4 nitrogen and oxygen atoms in total. The largest absolute Gasteiger partial charge is 0.481 e. The first-order chi connectivity index (χ1) is 9.04. The van der Waals surface area contributed by atoms with Crippen LogP contribution in [0.2, 0.25) is 0 Å². The van der Waals surface area contributed by atoms with Crippen LogP contribution < -0.4 is 0 Å². The molecule has 0 saturated carbocycles. The molecule has 0 spiro atoms. The number of nitrogens with zero attached hydrogens (tertiary/aromatic N) is 1. The van der Waals surface area contributed by atoms with Gasteiger partial charge in [-0.1, -0.05) is 44.2 Å². The summed E-state index contributed by atoms with van der Waals surface area (Å²) in [5.74, 6) is -1.25. The number of carbonyl (C=O) groups excluding carboxylic acids is 1. The number of Topliss-reactive ketones (excluding diaryl/α,β-unsaturated/α-hetero) is 1. The standard InChI is InChI=1S/C15H21NO3/c1-3-9-16(10-12(2)15(18)19)11-14(17)13-7-5-4-6-8-13/h4-8,12H,3,9-11H2,1-2H3,(H,18,19). The zero-order valence-corrected chi connectivity index (χ0v) is 11.5. The van der Waals surface area contributed by atoms with Crippen molar-refractivity contribution in [3.63, 3.8) is 0 Å². The zero-order chi connectivity index (χ0) is 14.3. The predicted molar refractivity (Wildman–Crippen MR) is 74.3 cm³/mol. The molecule has 1 N–H and O–H groups in total. The third-order valence-corrected chi connectivity index (χ3v) is 2.96. The van der Waals surface area contributed by atoms with Gasteiger partial charge < -0.3 is 5.11 Å². The van der Waals surface area contributed by atoms with Crippen molar-refractivity contribution in [2.75, 3.05) is 19.6 Å². The maximum Gasteiger partial charge on any atom is 0.307 e. The van der Waals surface area contributed by atoms with Crippen LogP contribution in [0.1, 0.15) is 30.6 Å². The van der Waals surface area contributed by atoms with Crippen LogP contribution in [0, 0.1) is 5.92 Å². The maximum atomic E-state index is 12.1. The lowest BCUT2D eigenvalue weighted by Gasteiger charge is -2.22. The van der Waals surface area contributed by atoms with Gasteiger partial charge in [0.15, 0.2) is 5.78 Å². The molecule has 1 atom stereocenters. The van der Waals surface area contributed by atoms with Crippen molar-refractivity contribution in [1.29, 1.82) is 0 Å². The first-order valence-electron chi connectivity index (χ1n) is 6.58. The van der Waals surface area contributed by atoms with E-state index in [0.29, 0.717) is 12.1 Å². The minimum Gasteiger partial charge on any atom is -0.481 e. The van der Waals surface area contributed by atoms with Crippen LogP contribution >= 0.6 is 0 Å². The Morgan fingerprint density at radius 3 is 2.42 bits per heavy atom. The highest BCUT2D eigenvalue weighted by Crippen LogP contribution is 2.06. The lowest BCUT2D eigenvalue weighted by atomic mass is 10.1. The van der Waals surface area contributed by atoms with Crippen molar-refractivity contribution in [2.45, 2.75) is 20.3 Å². The Labute approximate surface area is 114 Å². The Bertz CT molecular complexity index is 417. The highest BCUT2D eigenvalue weighted by atomic mass is 16.4. The SMILES string of the molecule is CCCN(CC(=O)c1ccccc1)CC(C)C(=O)O. The first-order valence-corrected chi connectivity index (χ1v) is 6.58. The normalized spacial score (nSPS) is 12.4. The number of rotatable bonds is 8. The van der Waals surface area contributed by atoms with Crippen molar-refractivity contribution < 1.29 is 14.7 Å². The van der Waals surface area contributed by atoms with E-state index in [9.17, 15) is 9.59 Å². The summed E-state index contributed by atoms with van der Waals surface area (Å²) >= 11 is 0. The lowest BCUT2D eigenvalue weighted by Crippen LogP contribution is -2.36. The van der Waals surface area contributed by atoms with E-state index in [1.165, 1.54) is 0 Å². The van der Waals surface area contributed by atoms with Crippen LogP contribution in [0.15, 0.2) is 30.3 Å². The van der Waals surface area contributed by atoms with Crippen molar-refractivity contribution in [3.05, 3.63) is 35.9 Å². The molecule has 1 aromatic rings. The summed E-state index contributed by atoms with van der Waals surface area (Å²) in [6, 6.07) is 9.10. The van der Waals surface area contributed by atoms with Crippen LogP contribution in [0.4, 0.5) is 0 Å². The van der Waals surface area contributed by atoms with Crippen molar-refractivity contribution >= 4 is 11.8 Å². The summed E-state index contributed by atoms with van der Waals surface area (Å²) in [4.78, 5) is 24.9. The van der Waals surface area contributed by atoms with E-state index in [-0.39, 0.29) is 12.3 Å². The molecule has 1 aromatic carbocycles. The van der Waals surface area contributed by atoms with Gasteiger partial charge in [0.1, 0.15) is 0 Å². The molecular weight excluding hydrogens is 242 g/mol. The van der Waals surface area contributed by atoms with E-state index in [1.807, 2.05) is 30.0 Å². The molecule has 0 saturated heterocycles. The van der Waals surface area contributed by atoms with Gasteiger partial charge in [-0.15, -0.1) is 0 Å². The van der Waals surface area contributed by atoms with E-state index < -0.39 is 11.9 Å². The summed E-state index contributed by atoms with van der Waals surface area (Å²) in [5, 5.41) is 8.94. The number of carboxylic acid groups (broad SMARTS) is 1. The molecule has 1 rings (SSSR count). The number of hydrogen-bond acceptors (Lipinski definition) is 3. The monoisotopic (exact) mass is 263 g/mol. The molecule has 19 heavy (non-hydrogen) atoms. The Kier molecular flexibility index (Phi) is 6.22. The van der Waals surface area contributed by atoms with Gasteiger partial charge in [-0.3, -0.25) is 14.5 Å². The molecule has 0 fully saturated rings. The molecule has 0 aliphatic rings. The fourth-order valence-electron chi connectivity index (χ4n) is 1.93. The van der Waals surface area contributed by atoms with Gasteiger partial charge in [0.2, 0.25) is 0 Å². The van der Waals surface area contributed by atoms with Gasteiger partial charge in [0.05, 0.1) is 12.5 Å². The number of ketones is 1. The van der Waals surface area contributed by atoms with Gasteiger partial charge in [-0.25, -0.2) is 0 Å². The van der Waals surface area contributed by atoms with E-state index in [0.717, 1.165) is 13.0 Å². The Morgan fingerprint density at radius 1 is 1.26 bits per heavy atom. The summed E-state index contributed by atoms with van der Waals surface area (Å²) in [5.41, 5.74) is 0.673. The van der Waals surface area contributed by atoms with E-state index in [2.05, 4.69) is 0 Å². The average Bonchev–Trinajstić information content (AvgIpc) is 2.39. The zero-order valence-electron chi connectivity index (χ0n) is 11.5. The maximum absolute atomic E-state index is 12.1. The summed E-state index contributed by atoms with van der Waals surface area (Å²) < 4.78 is 0. The number of aliphatic carboxylic acids is 1. The lowest BCUT2D eigenvalue weighted by molar-refractivity contribution is -0.141. The molecule has 0 heterocycles. The number of hydrogen-bond donors (Lipinski definition) is 1. The van der Waals surface area contributed by atoms with Crippen LogP contribution in [0.5, 0.6) is 0 Å². The molecule has 0 radical (unpaired) electrons. The fraction of sp³-hybridized carbons (Fsp3) is 0.467. The third kappa shape index (κ3) is 5.22. The minimum absolute atomic E-state index is 0.0339. The Hall–Kier alpha value is -1.68. The summed E-state index contributed by atoms with van der Waals surface area (Å²) in [7, 11) is 0. The topological polar surface area (TPSA) is 57.6 Å². The van der Waals surface area contributed by atoms with Gasteiger partial charge in [0, 0.05) is 12.1 Å². The second kappa shape index (κ2) is 7.69. The second-order valence-corrected chi connectivity index (χ2v) is 4.76. The van der Waals surface area contributed by atoms with Crippen molar-refractivity contribution in [2.24, 2.45) is 5.92 Å². The molecule has 0 aliphatic heterocycles. The average molecular weight is 263 g/mol. The van der Waals surface area contributed by atoms with E-state index >= 15 is 0 Å². The van der Waals surface area contributed by atoms with Crippen LogP contribution in [0.3, 0.4) is 0 Å². The van der Waals surface area contributed by atoms with Crippen LogP contribution in [-0.2, 0) is 4.79 Å².